The second-order valence-corrected chi connectivity index (χ2v) is 11.1. The fourth-order valence-corrected chi connectivity index (χ4v) is 4.58. The molecule has 17 heavy (non-hydrogen) atoms. The zero-order valence-corrected chi connectivity index (χ0v) is 13.1. The summed E-state index contributed by atoms with van der Waals surface area (Å²) in [5.41, 5.74) is 0. The third kappa shape index (κ3) is 3.65. The van der Waals surface area contributed by atoms with E-state index < -0.39 is 8.32 Å². The van der Waals surface area contributed by atoms with Gasteiger partial charge in [-0.2, -0.15) is 0 Å². The van der Waals surface area contributed by atoms with Gasteiger partial charge in [-0.25, -0.2) is 0 Å². The van der Waals surface area contributed by atoms with Gasteiger partial charge in [0, 0.05) is 12.0 Å². The van der Waals surface area contributed by atoms with E-state index in [1.807, 2.05) is 0 Å². The predicted octanol–water partition coefficient (Wildman–Crippen LogP) is 4.16. The topological polar surface area (TPSA) is 26.3 Å². The van der Waals surface area contributed by atoms with Crippen LogP contribution >= 0.6 is 0 Å². The minimum absolute atomic E-state index is 0.291. The standard InChI is InChI=1S/C14H28O2Si/c1-6-14(2,3)17(4,5)16-13-9-7-12(11-15)8-10-13/h11-13H,6-10H2,1-5H3/t12-,13-. The van der Waals surface area contributed by atoms with Crippen molar-refractivity contribution >= 4 is 14.6 Å². The fourth-order valence-electron chi connectivity index (χ4n) is 2.34. The number of hydrogen-bond donors (Lipinski definition) is 0. The van der Waals surface area contributed by atoms with E-state index in [1.165, 1.54) is 6.42 Å². The predicted molar refractivity (Wildman–Crippen MR) is 74.7 cm³/mol. The Balaban J connectivity index is 2.52. The van der Waals surface area contributed by atoms with Crippen LogP contribution in [0.15, 0.2) is 0 Å². The van der Waals surface area contributed by atoms with Crippen molar-refractivity contribution in [3.8, 4) is 0 Å². The average molecular weight is 256 g/mol. The summed E-state index contributed by atoms with van der Waals surface area (Å²) in [6.45, 7) is 11.6. The van der Waals surface area contributed by atoms with Gasteiger partial charge in [-0.1, -0.05) is 27.2 Å². The molecular weight excluding hydrogens is 228 g/mol. The summed E-state index contributed by atoms with van der Waals surface area (Å²) in [5, 5.41) is 0.328. The van der Waals surface area contributed by atoms with Gasteiger partial charge in [0.1, 0.15) is 6.29 Å². The maximum Gasteiger partial charge on any atom is 0.192 e. The molecule has 0 aromatic carbocycles. The minimum atomic E-state index is -1.64. The lowest BCUT2D eigenvalue weighted by Gasteiger charge is -2.42. The highest BCUT2D eigenvalue weighted by molar-refractivity contribution is 6.74. The lowest BCUT2D eigenvalue weighted by Crippen LogP contribution is -2.45. The summed E-state index contributed by atoms with van der Waals surface area (Å²) in [5.74, 6) is 0.291. The fraction of sp³-hybridized carbons (Fsp3) is 0.929. The molecule has 1 fully saturated rings. The molecule has 0 unspecified atom stereocenters. The lowest BCUT2D eigenvalue weighted by atomic mass is 9.89. The molecule has 0 aromatic rings. The second kappa shape index (κ2) is 5.66. The molecular formula is C14H28O2Si. The van der Waals surface area contributed by atoms with Gasteiger partial charge in [-0.15, -0.1) is 0 Å². The van der Waals surface area contributed by atoms with E-state index in [0.717, 1.165) is 32.0 Å². The maximum absolute atomic E-state index is 10.7. The van der Waals surface area contributed by atoms with Crippen molar-refractivity contribution in [2.24, 2.45) is 5.92 Å². The van der Waals surface area contributed by atoms with E-state index in [-0.39, 0.29) is 0 Å². The summed E-state index contributed by atoms with van der Waals surface area (Å²) < 4.78 is 6.45. The summed E-state index contributed by atoms with van der Waals surface area (Å²) in [6.07, 6.45) is 6.87. The van der Waals surface area contributed by atoms with Crippen molar-refractivity contribution in [3.05, 3.63) is 0 Å². The molecule has 0 N–H and O–H groups in total. The maximum atomic E-state index is 10.7. The molecule has 0 atom stereocenters. The Morgan fingerprint density at radius 3 is 2.18 bits per heavy atom. The zero-order chi connectivity index (χ0) is 13.1. The van der Waals surface area contributed by atoms with E-state index in [9.17, 15) is 4.79 Å². The second-order valence-electron chi connectivity index (χ2n) is 6.54. The van der Waals surface area contributed by atoms with E-state index in [2.05, 4.69) is 33.9 Å². The Labute approximate surface area is 107 Å². The molecule has 2 nitrogen and oxygen atoms in total. The first kappa shape index (κ1) is 14.9. The molecule has 1 aliphatic carbocycles. The first-order chi connectivity index (χ1) is 7.82. The Morgan fingerprint density at radius 2 is 1.76 bits per heavy atom. The highest BCUT2D eigenvalue weighted by Gasteiger charge is 2.41. The molecule has 100 valence electrons. The number of hydrogen-bond acceptors (Lipinski definition) is 2. The molecule has 0 aromatic heterocycles. The molecule has 1 aliphatic rings. The Kier molecular flexibility index (Phi) is 4.96. The normalized spacial score (nSPS) is 26.9. The van der Waals surface area contributed by atoms with Crippen molar-refractivity contribution in [1.29, 1.82) is 0 Å². The van der Waals surface area contributed by atoms with Crippen molar-refractivity contribution in [1.82, 2.24) is 0 Å². The van der Waals surface area contributed by atoms with Gasteiger partial charge in [0.15, 0.2) is 8.32 Å². The van der Waals surface area contributed by atoms with Crippen molar-refractivity contribution in [3.63, 3.8) is 0 Å². The summed E-state index contributed by atoms with van der Waals surface area (Å²) >= 11 is 0. The Bertz CT molecular complexity index is 253. The summed E-state index contributed by atoms with van der Waals surface area (Å²) in [4.78, 5) is 10.7. The Morgan fingerprint density at radius 1 is 1.24 bits per heavy atom. The number of rotatable bonds is 5. The van der Waals surface area contributed by atoms with Crippen LogP contribution in [0.4, 0.5) is 0 Å². The SMILES string of the molecule is CCC(C)(C)[Si](C)(C)O[C@H]1CC[C@H](C=O)CC1. The smallest absolute Gasteiger partial charge is 0.192 e. The lowest BCUT2D eigenvalue weighted by molar-refractivity contribution is -0.112. The monoisotopic (exact) mass is 256 g/mol. The zero-order valence-electron chi connectivity index (χ0n) is 12.1. The minimum Gasteiger partial charge on any atom is -0.414 e. The van der Waals surface area contributed by atoms with Crippen LogP contribution in [-0.4, -0.2) is 20.7 Å². The van der Waals surface area contributed by atoms with Crippen LogP contribution in [0.3, 0.4) is 0 Å². The quantitative estimate of drug-likeness (QED) is 0.545. The summed E-state index contributed by atoms with van der Waals surface area (Å²) in [7, 11) is -1.64. The Hall–Kier alpha value is -0.153. The first-order valence-corrected chi connectivity index (χ1v) is 9.86. The van der Waals surface area contributed by atoms with Crippen LogP contribution in [0.2, 0.25) is 18.1 Å². The molecule has 0 amide bonds. The van der Waals surface area contributed by atoms with Crippen LogP contribution < -0.4 is 0 Å². The van der Waals surface area contributed by atoms with Crippen LogP contribution in [0, 0.1) is 5.92 Å². The van der Waals surface area contributed by atoms with Crippen LogP contribution in [-0.2, 0) is 9.22 Å². The van der Waals surface area contributed by atoms with Gasteiger partial charge in [0.25, 0.3) is 0 Å². The molecule has 0 radical (unpaired) electrons. The molecule has 0 spiro atoms. The van der Waals surface area contributed by atoms with E-state index in [0.29, 0.717) is 17.1 Å². The molecule has 0 bridgehead atoms. The third-order valence-electron chi connectivity index (χ3n) is 4.89. The van der Waals surface area contributed by atoms with Gasteiger partial charge >= 0.3 is 0 Å². The first-order valence-electron chi connectivity index (χ1n) is 6.95. The van der Waals surface area contributed by atoms with Crippen molar-refractivity contribution < 1.29 is 9.22 Å². The largest absolute Gasteiger partial charge is 0.414 e. The average Bonchev–Trinajstić information content (AvgIpc) is 2.29. The van der Waals surface area contributed by atoms with Gasteiger partial charge in [0.05, 0.1) is 0 Å². The van der Waals surface area contributed by atoms with E-state index >= 15 is 0 Å². The van der Waals surface area contributed by atoms with Gasteiger partial charge < -0.3 is 9.22 Å². The van der Waals surface area contributed by atoms with Crippen molar-refractivity contribution in [2.75, 3.05) is 0 Å². The third-order valence-corrected chi connectivity index (χ3v) is 9.42. The molecule has 1 rings (SSSR count). The number of carbonyl (C=O) groups is 1. The molecule has 0 heterocycles. The van der Waals surface area contributed by atoms with Gasteiger partial charge in [-0.05, 0) is 43.8 Å². The van der Waals surface area contributed by atoms with Gasteiger partial charge in [0.2, 0.25) is 0 Å². The van der Waals surface area contributed by atoms with Crippen LogP contribution in [0.25, 0.3) is 0 Å². The molecule has 3 heteroatoms. The van der Waals surface area contributed by atoms with E-state index in [4.69, 9.17) is 4.43 Å². The molecule has 0 aliphatic heterocycles. The molecule has 1 saturated carbocycles. The van der Waals surface area contributed by atoms with Crippen LogP contribution in [0.1, 0.15) is 52.9 Å². The van der Waals surface area contributed by atoms with Crippen LogP contribution in [0.5, 0.6) is 0 Å². The number of aldehydes is 1. The van der Waals surface area contributed by atoms with Gasteiger partial charge in [-0.3, -0.25) is 0 Å². The summed E-state index contributed by atoms with van der Waals surface area (Å²) in [6, 6.07) is 0. The highest BCUT2D eigenvalue weighted by Crippen LogP contribution is 2.42. The highest BCUT2D eigenvalue weighted by atomic mass is 28.4. The molecule has 0 saturated heterocycles. The van der Waals surface area contributed by atoms with E-state index in [1.54, 1.807) is 0 Å². The van der Waals surface area contributed by atoms with Crippen molar-refractivity contribution in [2.45, 2.75) is 77.1 Å². The number of carbonyl (C=O) groups excluding carboxylic acids is 1.